The molecule has 14 atom stereocenters. The number of hydrogen-bond acceptors (Lipinski definition) is 14. The Kier molecular flexibility index (Phi) is 8.66. The second-order valence-electron chi connectivity index (χ2n) is 8.77. The minimum absolute atomic E-state index is 0.0240. The van der Waals surface area contributed by atoms with Crippen molar-refractivity contribution in [3.63, 3.8) is 0 Å². The highest BCUT2D eigenvalue weighted by Crippen LogP contribution is 2.32. The molecule has 0 radical (unpaired) electrons. The molecule has 0 bridgehead atoms. The summed E-state index contributed by atoms with van der Waals surface area (Å²) in [5.41, 5.74) is 0. The molecule has 192 valence electrons. The van der Waals surface area contributed by atoms with E-state index in [1.54, 1.807) is 0 Å². The summed E-state index contributed by atoms with van der Waals surface area (Å²) >= 11 is 0. The minimum Gasteiger partial charge on any atom is -0.510 e. The Bertz CT molecular complexity index is 680. The van der Waals surface area contributed by atoms with Crippen molar-refractivity contribution in [2.75, 3.05) is 13.2 Å². The molecule has 1 saturated heterocycles. The van der Waals surface area contributed by atoms with Gasteiger partial charge < -0.3 is 71.0 Å². The summed E-state index contributed by atoms with van der Waals surface area (Å²) in [6.45, 7) is -1.25. The fraction of sp³-hybridized carbons (Fsp3) is 0.895. The van der Waals surface area contributed by atoms with Crippen LogP contribution in [0.4, 0.5) is 0 Å². The largest absolute Gasteiger partial charge is 0.510 e. The maximum atomic E-state index is 10.9. The van der Waals surface area contributed by atoms with E-state index in [1.165, 1.54) is 0 Å². The lowest BCUT2D eigenvalue weighted by atomic mass is 9.78. The van der Waals surface area contributed by atoms with Crippen molar-refractivity contribution in [2.24, 2.45) is 5.92 Å². The highest BCUT2D eigenvalue weighted by atomic mass is 16.7. The van der Waals surface area contributed by atoms with E-state index in [0.717, 1.165) is 6.08 Å². The molecule has 1 saturated carbocycles. The van der Waals surface area contributed by atoms with Crippen LogP contribution in [-0.4, -0.2) is 149 Å². The van der Waals surface area contributed by atoms with Crippen molar-refractivity contribution in [1.29, 1.82) is 0 Å². The van der Waals surface area contributed by atoms with Gasteiger partial charge >= 0.3 is 0 Å². The summed E-state index contributed by atoms with van der Waals surface area (Å²) in [5, 5.41) is 113. The van der Waals surface area contributed by atoms with Crippen LogP contribution in [0.1, 0.15) is 6.42 Å². The first-order valence-corrected chi connectivity index (χ1v) is 10.7. The van der Waals surface area contributed by atoms with Crippen LogP contribution in [0.25, 0.3) is 0 Å². The van der Waals surface area contributed by atoms with Gasteiger partial charge in [-0.3, -0.25) is 0 Å². The van der Waals surface area contributed by atoms with E-state index in [4.69, 9.17) is 9.47 Å². The van der Waals surface area contributed by atoms with Gasteiger partial charge in [0.25, 0.3) is 0 Å². The summed E-state index contributed by atoms with van der Waals surface area (Å²) in [6.07, 6.45) is -16.6. The Morgan fingerprint density at radius 2 is 1.48 bits per heavy atom. The molecule has 0 amide bonds. The highest BCUT2D eigenvalue weighted by Gasteiger charge is 2.50. The van der Waals surface area contributed by atoms with Crippen LogP contribution in [0.3, 0.4) is 0 Å². The van der Waals surface area contributed by atoms with Crippen molar-refractivity contribution in [3.8, 4) is 0 Å². The zero-order valence-electron chi connectivity index (χ0n) is 17.5. The first kappa shape index (κ1) is 26.6. The van der Waals surface area contributed by atoms with Crippen LogP contribution >= 0.6 is 0 Å². The smallest absolute Gasteiger partial charge is 0.187 e. The third-order valence-corrected chi connectivity index (χ3v) is 6.60. The Morgan fingerprint density at radius 1 is 0.818 bits per heavy atom. The number of aliphatic hydroxyl groups excluding tert-OH is 11. The first-order chi connectivity index (χ1) is 15.5. The quantitative estimate of drug-likeness (QED) is 0.168. The van der Waals surface area contributed by atoms with Crippen molar-refractivity contribution in [3.05, 3.63) is 11.8 Å². The van der Waals surface area contributed by atoms with Crippen molar-refractivity contribution in [2.45, 2.75) is 85.8 Å². The maximum absolute atomic E-state index is 10.9. The molecule has 14 unspecified atom stereocenters. The van der Waals surface area contributed by atoms with Crippen LogP contribution < -0.4 is 5.32 Å². The van der Waals surface area contributed by atoms with Crippen LogP contribution in [0, 0.1) is 5.92 Å². The molecule has 14 nitrogen and oxygen atoms in total. The monoisotopic (exact) mass is 483 g/mol. The molecule has 14 heteroatoms. The molecule has 3 rings (SSSR count). The summed E-state index contributed by atoms with van der Waals surface area (Å²) in [5.74, 6) is -1.45. The second-order valence-corrected chi connectivity index (χ2v) is 8.77. The zero-order valence-corrected chi connectivity index (χ0v) is 17.5. The average molecular weight is 483 g/mol. The van der Waals surface area contributed by atoms with Gasteiger partial charge in [-0.25, -0.2) is 0 Å². The van der Waals surface area contributed by atoms with Crippen LogP contribution in [0.2, 0.25) is 0 Å². The van der Waals surface area contributed by atoms with Crippen molar-refractivity contribution < 1.29 is 65.6 Å². The fourth-order valence-corrected chi connectivity index (χ4v) is 4.50. The van der Waals surface area contributed by atoms with E-state index in [2.05, 4.69) is 5.32 Å². The molecule has 12 N–H and O–H groups in total. The predicted molar refractivity (Wildman–Crippen MR) is 105 cm³/mol. The van der Waals surface area contributed by atoms with E-state index in [1.807, 2.05) is 0 Å². The van der Waals surface area contributed by atoms with Gasteiger partial charge in [0.05, 0.1) is 24.9 Å². The molecule has 33 heavy (non-hydrogen) atoms. The van der Waals surface area contributed by atoms with Crippen LogP contribution in [0.15, 0.2) is 11.8 Å². The van der Waals surface area contributed by atoms with E-state index < -0.39 is 104 Å². The molecule has 0 aromatic heterocycles. The van der Waals surface area contributed by atoms with Gasteiger partial charge in [0.1, 0.15) is 54.6 Å². The van der Waals surface area contributed by atoms with E-state index >= 15 is 0 Å². The number of rotatable bonds is 6. The van der Waals surface area contributed by atoms with Gasteiger partial charge in [-0.15, -0.1) is 0 Å². The molecule has 2 fully saturated rings. The molecule has 1 aliphatic heterocycles. The average Bonchev–Trinajstić information content (AvgIpc) is 2.80. The summed E-state index contributed by atoms with van der Waals surface area (Å²) in [7, 11) is 0. The van der Waals surface area contributed by atoms with E-state index in [9.17, 15) is 56.2 Å². The summed E-state index contributed by atoms with van der Waals surface area (Å²) < 4.78 is 10.8. The number of nitrogens with one attached hydrogen (secondary N) is 1. The minimum atomic E-state index is -1.79. The normalized spacial score (nSPS) is 51.3. The van der Waals surface area contributed by atoms with Crippen molar-refractivity contribution in [1.82, 2.24) is 5.32 Å². The standard InChI is InChI=1S/C19H33NO13/c21-3-5-1-6(20-7-2-8(23)13(27)15(29)11(7)25)12(26)18(10(5)24)33-19-17(31)16(30)14(28)9(4-22)32-19/h2,5-7,9-31H,1,3-4H2. The lowest BCUT2D eigenvalue weighted by Crippen LogP contribution is -2.66. The molecular weight excluding hydrogens is 450 g/mol. The summed E-state index contributed by atoms with van der Waals surface area (Å²) in [4.78, 5) is 0. The third kappa shape index (κ3) is 5.18. The predicted octanol–water partition coefficient (Wildman–Crippen LogP) is -6.23. The molecular formula is C19H33NO13. The molecule has 0 spiro atoms. The van der Waals surface area contributed by atoms with E-state index in [-0.39, 0.29) is 6.42 Å². The Hall–Kier alpha value is -0.980. The van der Waals surface area contributed by atoms with Crippen LogP contribution in [0.5, 0.6) is 0 Å². The number of hydrogen-bond donors (Lipinski definition) is 12. The SMILES string of the molecule is OCC1CC(NC2C=C(O)C(O)C(O)C2O)C(O)C(OC2OC(CO)C(O)C(O)C2O)C1O. The van der Waals surface area contributed by atoms with Gasteiger partial charge in [-0.05, 0) is 12.5 Å². The van der Waals surface area contributed by atoms with E-state index in [0.29, 0.717) is 0 Å². The van der Waals surface area contributed by atoms with Gasteiger partial charge in [-0.2, -0.15) is 0 Å². The Labute approximate surface area is 188 Å². The zero-order chi connectivity index (χ0) is 24.6. The maximum Gasteiger partial charge on any atom is 0.187 e. The fourth-order valence-electron chi connectivity index (χ4n) is 4.50. The van der Waals surface area contributed by atoms with Gasteiger partial charge in [0.15, 0.2) is 6.29 Å². The second kappa shape index (κ2) is 10.7. The third-order valence-electron chi connectivity index (χ3n) is 6.60. The van der Waals surface area contributed by atoms with Crippen molar-refractivity contribution >= 4 is 0 Å². The van der Waals surface area contributed by atoms with Gasteiger partial charge in [-0.1, -0.05) is 0 Å². The summed E-state index contributed by atoms with van der Waals surface area (Å²) in [6, 6.07) is -2.10. The molecule has 1 heterocycles. The molecule has 3 aliphatic rings. The highest BCUT2D eigenvalue weighted by molar-refractivity contribution is 5.16. The Morgan fingerprint density at radius 3 is 2.09 bits per heavy atom. The topological polar surface area (TPSA) is 253 Å². The number of ether oxygens (including phenoxy) is 2. The lowest BCUT2D eigenvalue weighted by Gasteiger charge is -2.47. The molecule has 0 aromatic carbocycles. The lowest BCUT2D eigenvalue weighted by molar-refractivity contribution is -0.329. The van der Waals surface area contributed by atoms with Gasteiger partial charge in [0, 0.05) is 18.6 Å². The number of aliphatic hydroxyl groups is 11. The molecule has 0 aromatic rings. The first-order valence-electron chi connectivity index (χ1n) is 10.7. The molecule has 2 aliphatic carbocycles. The Balaban J connectivity index is 1.78. The van der Waals surface area contributed by atoms with Crippen LogP contribution in [-0.2, 0) is 9.47 Å². The van der Waals surface area contributed by atoms with Gasteiger partial charge in [0.2, 0.25) is 0 Å².